The van der Waals surface area contributed by atoms with Crippen LogP contribution in [0.5, 0.6) is 5.75 Å². The molecule has 2 heterocycles. The maximum Gasteiger partial charge on any atom is 0.339 e. The van der Waals surface area contributed by atoms with Gasteiger partial charge in [-0.2, -0.15) is 0 Å². The number of pyridine rings is 1. The van der Waals surface area contributed by atoms with E-state index in [0.717, 1.165) is 25.9 Å². The molecule has 0 aliphatic carbocycles. The predicted molar refractivity (Wildman–Crippen MR) is 101 cm³/mol. The summed E-state index contributed by atoms with van der Waals surface area (Å²) in [6.45, 7) is 1.45. The maximum absolute atomic E-state index is 12.6. The number of nitrogens with zero attached hydrogens (tertiary/aromatic N) is 2. The summed E-state index contributed by atoms with van der Waals surface area (Å²) in [6, 6.07) is 5.31. The number of ether oxygens (including phenoxy) is 1. The molecule has 0 spiro atoms. The normalized spacial score (nSPS) is 14.2. The number of sulfonamides is 1. The zero-order valence-corrected chi connectivity index (χ0v) is 16.0. The number of carboxylic acids is 1. The lowest BCUT2D eigenvalue weighted by Crippen LogP contribution is -2.22. The summed E-state index contributed by atoms with van der Waals surface area (Å²) in [5, 5.41) is 9.63. The SMILES string of the molecule is COc1ccc(S(=O)(=O)Nc2cnc(N3CCCC3)c(C(=O)O)c2)cc1Cl. The van der Waals surface area contributed by atoms with Gasteiger partial charge >= 0.3 is 5.97 Å². The van der Waals surface area contributed by atoms with E-state index in [2.05, 4.69) is 9.71 Å². The first kappa shape index (κ1) is 19.2. The Kier molecular flexibility index (Phi) is 5.43. The van der Waals surface area contributed by atoms with Gasteiger partial charge in [-0.1, -0.05) is 11.6 Å². The first-order valence-electron chi connectivity index (χ1n) is 8.16. The Morgan fingerprint density at radius 3 is 2.59 bits per heavy atom. The van der Waals surface area contributed by atoms with Gasteiger partial charge in [0.2, 0.25) is 0 Å². The predicted octanol–water partition coefficient (Wildman–Crippen LogP) is 2.84. The van der Waals surface area contributed by atoms with E-state index in [1.165, 1.54) is 37.6 Å². The van der Waals surface area contributed by atoms with Gasteiger partial charge in [0.25, 0.3) is 10.0 Å². The Bertz CT molecular complexity index is 975. The highest BCUT2D eigenvalue weighted by atomic mass is 35.5. The van der Waals surface area contributed by atoms with Crippen LogP contribution >= 0.6 is 11.6 Å². The molecule has 8 nitrogen and oxygen atoms in total. The van der Waals surface area contributed by atoms with Crippen LogP contribution in [0.3, 0.4) is 0 Å². The van der Waals surface area contributed by atoms with Crippen LogP contribution in [0.25, 0.3) is 0 Å². The quantitative estimate of drug-likeness (QED) is 0.752. The maximum atomic E-state index is 12.6. The van der Waals surface area contributed by atoms with Gasteiger partial charge in [-0.25, -0.2) is 18.2 Å². The van der Waals surface area contributed by atoms with Crippen molar-refractivity contribution in [3.05, 3.63) is 41.0 Å². The van der Waals surface area contributed by atoms with Crippen molar-refractivity contribution in [3.63, 3.8) is 0 Å². The molecule has 2 N–H and O–H groups in total. The summed E-state index contributed by atoms with van der Waals surface area (Å²) in [5.74, 6) is -0.478. The van der Waals surface area contributed by atoms with E-state index >= 15 is 0 Å². The van der Waals surface area contributed by atoms with Crippen LogP contribution in [-0.2, 0) is 10.0 Å². The highest BCUT2D eigenvalue weighted by Gasteiger charge is 2.23. The van der Waals surface area contributed by atoms with Gasteiger partial charge in [0, 0.05) is 13.1 Å². The molecular weight excluding hydrogens is 394 g/mol. The van der Waals surface area contributed by atoms with Crippen LogP contribution in [0.2, 0.25) is 5.02 Å². The first-order valence-corrected chi connectivity index (χ1v) is 10.0. The van der Waals surface area contributed by atoms with Crippen molar-refractivity contribution < 1.29 is 23.1 Å². The van der Waals surface area contributed by atoms with Crippen molar-refractivity contribution in [2.75, 3.05) is 29.8 Å². The lowest BCUT2D eigenvalue weighted by atomic mass is 10.2. The van der Waals surface area contributed by atoms with Crippen molar-refractivity contribution in [1.82, 2.24) is 4.98 Å². The van der Waals surface area contributed by atoms with Crippen LogP contribution in [0, 0.1) is 0 Å². The number of aromatic nitrogens is 1. The number of anilines is 2. The number of nitrogens with one attached hydrogen (secondary N) is 1. The number of carbonyl (C=O) groups is 1. The van der Waals surface area contributed by atoms with Crippen LogP contribution in [0.15, 0.2) is 35.4 Å². The molecule has 3 rings (SSSR count). The van der Waals surface area contributed by atoms with Crippen molar-refractivity contribution in [3.8, 4) is 5.75 Å². The number of aromatic carboxylic acids is 1. The number of rotatable bonds is 6. The second-order valence-corrected chi connectivity index (χ2v) is 8.09. The third-order valence-corrected chi connectivity index (χ3v) is 5.86. The summed E-state index contributed by atoms with van der Waals surface area (Å²) in [5.41, 5.74) is 0.00662. The third-order valence-electron chi connectivity index (χ3n) is 4.19. The lowest BCUT2D eigenvalue weighted by molar-refractivity contribution is 0.0697. The number of methoxy groups -OCH3 is 1. The standard InChI is InChI=1S/C17H18ClN3O5S/c1-26-15-5-4-12(9-14(15)18)27(24,25)20-11-8-13(17(22)23)16(19-10-11)21-6-2-3-7-21/h4-5,8-10,20H,2-3,6-7H2,1H3,(H,22,23). The van der Waals surface area contributed by atoms with E-state index < -0.39 is 16.0 Å². The van der Waals surface area contributed by atoms with Gasteiger partial charge in [-0.05, 0) is 37.1 Å². The molecule has 0 atom stereocenters. The molecule has 1 aliphatic rings. The van der Waals surface area contributed by atoms with Crippen molar-refractivity contribution in [1.29, 1.82) is 0 Å². The van der Waals surface area contributed by atoms with E-state index in [0.29, 0.717) is 11.6 Å². The largest absolute Gasteiger partial charge is 0.495 e. The van der Waals surface area contributed by atoms with E-state index in [1.807, 2.05) is 4.90 Å². The fraction of sp³-hybridized carbons (Fsp3) is 0.294. The van der Waals surface area contributed by atoms with Crippen LogP contribution < -0.4 is 14.4 Å². The topological polar surface area (TPSA) is 109 Å². The van der Waals surface area contributed by atoms with Crippen molar-refractivity contribution in [2.24, 2.45) is 0 Å². The number of halogens is 1. The first-order chi connectivity index (χ1) is 12.8. The molecule has 1 aliphatic heterocycles. The zero-order valence-electron chi connectivity index (χ0n) is 14.5. The number of benzene rings is 1. The minimum Gasteiger partial charge on any atom is -0.495 e. The second kappa shape index (κ2) is 7.61. The van der Waals surface area contributed by atoms with Crippen LogP contribution in [0.1, 0.15) is 23.2 Å². The van der Waals surface area contributed by atoms with Crippen molar-refractivity contribution in [2.45, 2.75) is 17.7 Å². The molecule has 0 bridgehead atoms. The summed E-state index contributed by atoms with van der Waals surface area (Å²) >= 11 is 5.99. The Morgan fingerprint density at radius 2 is 2.00 bits per heavy atom. The Balaban J connectivity index is 1.91. The van der Waals surface area contributed by atoms with E-state index in [4.69, 9.17) is 16.3 Å². The van der Waals surface area contributed by atoms with Crippen molar-refractivity contribution >= 4 is 39.1 Å². The smallest absolute Gasteiger partial charge is 0.339 e. The van der Waals surface area contributed by atoms with Crippen LogP contribution in [-0.4, -0.2) is 44.7 Å². The van der Waals surface area contributed by atoms with Gasteiger partial charge < -0.3 is 14.7 Å². The van der Waals surface area contributed by atoms with Gasteiger partial charge in [-0.15, -0.1) is 0 Å². The Labute approximate surface area is 161 Å². The number of carboxylic acid groups (broad SMARTS) is 1. The molecule has 1 fully saturated rings. The second-order valence-electron chi connectivity index (χ2n) is 6.00. The van der Waals surface area contributed by atoms with E-state index in [9.17, 15) is 18.3 Å². The molecule has 27 heavy (non-hydrogen) atoms. The number of hydrogen-bond acceptors (Lipinski definition) is 6. The van der Waals surface area contributed by atoms with Gasteiger partial charge in [-0.3, -0.25) is 4.72 Å². The van der Waals surface area contributed by atoms with E-state index in [-0.39, 0.29) is 21.2 Å². The van der Waals surface area contributed by atoms with Crippen LogP contribution in [0.4, 0.5) is 11.5 Å². The molecule has 2 aromatic rings. The summed E-state index contributed by atoms with van der Waals surface area (Å²) < 4.78 is 32.5. The third kappa shape index (κ3) is 4.09. The lowest BCUT2D eigenvalue weighted by Gasteiger charge is -2.19. The molecule has 1 aromatic heterocycles. The molecule has 1 saturated heterocycles. The zero-order chi connectivity index (χ0) is 19.6. The molecule has 1 aromatic carbocycles. The summed E-state index contributed by atoms with van der Waals surface area (Å²) in [4.78, 5) is 17.6. The molecule has 0 radical (unpaired) electrons. The van der Waals surface area contributed by atoms with Gasteiger partial charge in [0.1, 0.15) is 17.1 Å². The molecule has 10 heteroatoms. The highest BCUT2D eigenvalue weighted by molar-refractivity contribution is 7.92. The number of hydrogen-bond donors (Lipinski definition) is 2. The van der Waals surface area contributed by atoms with Gasteiger partial charge in [0.05, 0.1) is 28.9 Å². The minimum atomic E-state index is -3.97. The molecular formula is C17H18ClN3O5S. The summed E-state index contributed by atoms with van der Waals surface area (Å²) in [6.07, 6.45) is 3.24. The molecule has 0 saturated carbocycles. The molecule has 0 unspecified atom stereocenters. The highest BCUT2D eigenvalue weighted by Crippen LogP contribution is 2.29. The average Bonchev–Trinajstić information content (AvgIpc) is 3.15. The summed E-state index contributed by atoms with van der Waals surface area (Å²) in [7, 11) is -2.55. The average molecular weight is 412 g/mol. The molecule has 0 amide bonds. The fourth-order valence-corrected chi connectivity index (χ4v) is 4.26. The fourth-order valence-electron chi connectivity index (χ4n) is 2.88. The minimum absolute atomic E-state index is 0.0511. The monoisotopic (exact) mass is 411 g/mol. The van der Waals surface area contributed by atoms with E-state index in [1.54, 1.807) is 0 Å². The molecule has 144 valence electrons. The Morgan fingerprint density at radius 1 is 1.30 bits per heavy atom. The Hall–Kier alpha value is -2.52. The van der Waals surface area contributed by atoms with Gasteiger partial charge in [0.15, 0.2) is 0 Å².